The Bertz CT molecular complexity index is 1120. The fraction of sp³-hybridized carbons (Fsp3) is 0.520. The van der Waals surface area contributed by atoms with Gasteiger partial charge in [-0.2, -0.15) is 5.10 Å². The van der Waals surface area contributed by atoms with Gasteiger partial charge in [0.1, 0.15) is 22.7 Å². The maximum atomic E-state index is 13.3. The first-order valence-electron chi connectivity index (χ1n) is 12.0. The number of methoxy groups -OCH3 is 2. The first kappa shape index (κ1) is 24.6. The summed E-state index contributed by atoms with van der Waals surface area (Å²) in [6, 6.07) is 6.96. The first-order valence-corrected chi connectivity index (χ1v) is 12.0. The lowest BCUT2D eigenvalue weighted by molar-refractivity contribution is -0.133. The molecule has 3 amide bonds. The van der Waals surface area contributed by atoms with Crippen molar-refractivity contribution in [2.45, 2.75) is 64.2 Å². The number of carbonyl (C=O) groups is 3. The predicted octanol–water partition coefficient (Wildman–Crippen LogP) is 2.12. The molecule has 1 saturated carbocycles. The lowest BCUT2D eigenvalue weighted by Crippen LogP contribution is -2.64. The van der Waals surface area contributed by atoms with Crippen molar-refractivity contribution < 1.29 is 23.9 Å². The van der Waals surface area contributed by atoms with Crippen LogP contribution in [-0.4, -0.2) is 64.7 Å². The van der Waals surface area contributed by atoms with Gasteiger partial charge in [0.25, 0.3) is 11.8 Å². The molecule has 35 heavy (non-hydrogen) atoms. The monoisotopic (exact) mass is 483 g/mol. The Balaban J connectivity index is 1.52. The second-order valence-corrected chi connectivity index (χ2v) is 9.21. The molecule has 10 heteroatoms. The largest absolute Gasteiger partial charge is 0.497 e. The van der Waals surface area contributed by atoms with Crippen LogP contribution in [0.5, 0.6) is 11.5 Å². The van der Waals surface area contributed by atoms with Crippen LogP contribution in [0.2, 0.25) is 0 Å². The summed E-state index contributed by atoms with van der Waals surface area (Å²) >= 11 is 0. The van der Waals surface area contributed by atoms with Gasteiger partial charge in [-0.25, -0.2) is 0 Å². The third-order valence-corrected chi connectivity index (χ3v) is 6.95. The van der Waals surface area contributed by atoms with Crippen LogP contribution in [-0.2, 0) is 17.9 Å². The van der Waals surface area contributed by atoms with Crippen LogP contribution in [0.15, 0.2) is 24.3 Å². The molecule has 1 atom stereocenters. The van der Waals surface area contributed by atoms with E-state index in [2.05, 4.69) is 15.7 Å². The standard InChI is InChI=1S/C25H33N5O5/c1-5-29-23(32)20-13-19(22(31)26-14-16-12-18(34-3)10-11-21(16)35-4)28-30(20)15-25(29,2)24(33)27-17-8-6-7-9-17/h10-13,17H,5-9,14-15H2,1-4H3,(H,26,31)(H,27,33)/t25-/m0/s1. The van der Waals surface area contributed by atoms with Crippen LogP contribution in [0.3, 0.4) is 0 Å². The van der Waals surface area contributed by atoms with E-state index in [9.17, 15) is 14.4 Å². The van der Waals surface area contributed by atoms with Gasteiger partial charge < -0.3 is 25.0 Å². The summed E-state index contributed by atoms with van der Waals surface area (Å²) in [4.78, 5) is 41.0. The summed E-state index contributed by atoms with van der Waals surface area (Å²) < 4.78 is 12.1. The number of carbonyl (C=O) groups excluding carboxylic acids is 3. The average Bonchev–Trinajstić information content (AvgIpc) is 3.52. The molecule has 2 aromatic rings. The van der Waals surface area contributed by atoms with Gasteiger partial charge in [0.2, 0.25) is 5.91 Å². The van der Waals surface area contributed by atoms with Gasteiger partial charge in [0, 0.05) is 30.8 Å². The van der Waals surface area contributed by atoms with Crippen molar-refractivity contribution in [1.82, 2.24) is 25.3 Å². The van der Waals surface area contributed by atoms with E-state index in [4.69, 9.17) is 9.47 Å². The van der Waals surface area contributed by atoms with Crippen molar-refractivity contribution >= 4 is 17.7 Å². The zero-order valence-corrected chi connectivity index (χ0v) is 20.7. The highest BCUT2D eigenvalue weighted by molar-refractivity contribution is 6.01. The van der Waals surface area contributed by atoms with E-state index in [1.54, 1.807) is 44.2 Å². The molecule has 0 saturated heterocycles. The number of hydrogen-bond donors (Lipinski definition) is 2. The van der Waals surface area contributed by atoms with Crippen LogP contribution in [0.25, 0.3) is 0 Å². The van der Waals surface area contributed by atoms with Crippen molar-refractivity contribution in [3.8, 4) is 11.5 Å². The van der Waals surface area contributed by atoms with Crippen LogP contribution in [0, 0.1) is 0 Å². The third kappa shape index (κ3) is 4.69. The Morgan fingerprint density at radius 2 is 1.91 bits per heavy atom. The molecular formula is C25H33N5O5. The topological polar surface area (TPSA) is 115 Å². The Labute approximate surface area is 204 Å². The molecule has 0 spiro atoms. The van der Waals surface area contributed by atoms with Crippen molar-refractivity contribution in [3.05, 3.63) is 41.2 Å². The van der Waals surface area contributed by atoms with Crippen LogP contribution >= 0.6 is 0 Å². The molecule has 1 aromatic carbocycles. The van der Waals surface area contributed by atoms with Crippen molar-refractivity contribution in [2.24, 2.45) is 0 Å². The Hall–Kier alpha value is -3.56. The Morgan fingerprint density at radius 1 is 1.17 bits per heavy atom. The number of nitrogens with zero attached hydrogens (tertiary/aromatic N) is 3. The number of aromatic nitrogens is 2. The molecule has 0 bridgehead atoms. The van der Waals surface area contributed by atoms with Gasteiger partial charge in [-0.3, -0.25) is 19.1 Å². The summed E-state index contributed by atoms with van der Waals surface area (Å²) in [7, 11) is 3.12. The molecule has 1 aromatic heterocycles. The lowest BCUT2D eigenvalue weighted by atomic mass is 9.94. The van der Waals surface area contributed by atoms with Gasteiger partial charge in [-0.05, 0) is 44.9 Å². The number of nitrogens with one attached hydrogen (secondary N) is 2. The van der Waals surface area contributed by atoms with Crippen molar-refractivity contribution in [2.75, 3.05) is 20.8 Å². The van der Waals surface area contributed by atoms with Crippen LogP contribution < -0.4 is 20.1 Å². The second-order valence-electron chi connectivity index (χ2n) is 9.21. The molecular weight excluding hydrogens is 450 g/mol. The third-order valence-electron chi connectivity index (χ3n) is 6.95. The molecule has 2 N–H and O–H groups in total. The number of benzene rings is 1. The van der Waals surface area contributed by atoms with Gasteiger partial charge in [0.15, 0.2) is 5.69 Å². The average molecular weight is 484 g/mol. The fourth-order valence-electron chi connectivity index (χ4n) is 4.94. The number of likely N-dealkylation sites (N-methyl/N-ethyl adjacent to an activating group) is 1. The second kappa shape index (κ2) is 9.97. The van der Waals surface area contributed by atoms with E-state index >= 15 is 0 Å². The highest BCUT2D eigenvalue weighted by Crippen LogP contribution is 2.29. The Kier molecular flexibility index (Phi) is 7.00. The number of fused-ring (bicyclic) bond motifs is 1. The molecule has 1 fully saturated rings. The molecule has 10 nitrogen and oxygen atoms in total. The number of amides is 3. The minimum absolute atomic E-state index is 0.117. The summed E-state index contributed by atoms with van der Waals surface area (Å²) in [5.74, 6) is 0.339. The van der Waals surface area contributed by atoms with Gasteiger partial charge >= 0.3 is 0 Å². The Morgan fingerprint density at radius 3 is 2.57 bits per heavy atom. The quantitative estimate of drug-likeness (QED) is 0.595. The molecule has 2 heterocycles. The van der Waals surface area contributed by atoms with E-state index < -0.39 is 11.4 Å². The van der Waals surface area contributed by atoms with E-state index in [0.29, 0.717) is 23.7 Å². The highest BCUT2D eigenvalue weighted by Gasteiger charge is 2.48. The van der Waals surface area contributed by atoms with Gasteiger partial charge in [0.05, 0.1) is 20.8 Å². The molecule has 1 aliphatic carbocycles. The van der Waals surface area contributed by atoms with E-state index in [0.717, 1.165) is 31.2 Å². The fourth-order valence-corrected chi connectivity index (χ4v) is 4.94. The number of ether oxygens (including phenoxy) is 2. The molecule has 4 rings (SSSR count). The lowest BCUT2D eigenvalue weighted by Gasteiger charge is -2.43. The van der Waals surface area contributed by atoms with Crippen molar-refractivity contribution in [3.63, 3.8) is 0 Å². The summed E-state index contributed by atoms with van der Waals surface area (Å²) in [5, 5.41) is 10.3. The van der Waals surface area contributed by atoms with E-state index in [1.165, 1.54) is 10.7 Å². The zero-order chi connectivity index (χ0) is 25.2. The minimum Gasteiger partial charge on any atom is -0.497 e. The summed E-state index contributed by atoms with van der Waals surface area (Å²) in [5.41, 5.74) is 0.0668. The highest BCUT2D eigenvalue weighted by atomic mass is 16.5. The van der Waals surface area contributed by atoms with Crippen molar-refractivity contribution in [1.29, 1.82) is 0 Å². The smallest absolute Gasteiger partial charge is 0.273 e. The first-order chi connectivity index (χ1) is 16.8. The summed E-state index contributed by atoms with van der Waals surface area (Å²) in [6.45, 7) is 4.35. The molecule has 0 unspecified atom stereocenters. The zero-order valence-electron chi connectivity index (χ0n) is 20.7. The maximum Gasteiger partial charge on any atom is 0.273 e. The molecule has 2 aliphatic rings. The SMILES string of the molecule is CCN1C(=O)c2cc(C(=O)NCc3cc(OC)ccc3OC)nn2C[C@@]1(C)C(=O)NC1CCCC1. The summed E-state index contributed by atoms with van der Waals surface area (Å²) in [6.07, 6.45) is 4.11. The van der Waals surface area contributed by atoms with E-state index in [-0.39, 0.29) is 36.6 Å². The van der Waals surface area contributed by atoms with Gasteiger partial charge in [-0.15, -0.1) is 0 Å². The van der Waals surface area contributed by atoms with Crippen LogP contribution in [0.4, 0.5) is 0 Å². The van der Waals surface area contributed by atoms with E-state index in [1.807, 2.05) is 6.92 Å². The molecule has 0 radical (unpaired) electrons. The molecule has 188 valence electrons. The van der Waals surface area contributed by atoms with Gasteiger partial charge in [-0.1, -0.05) is 12.8 Å². The predicted molar refractivity (Wildman–Crippen MR) is 128 cm³/mol. The molecule has 1 aliphatic heterocycles. The normalized spacial score (nSPS) is 19.9. The minimum atomic E-state index is -1.09. The van der Waals surface area contributed by atoms with Crippen LogP contribution in [0.1, 0.15) is 66.1 Å². The maximum absolute atomic E-state index is 13.3. The number of hydrogen-bond acceptors (Lipinski definition) is 6. The number of rotatable bonds is 8.